The van der Waals surface area contributed by atoms with Crippen LogP contribution in [0, 0.1) is 29.1 Å². The van der Waals surface area contributed by atoms with Crippen molar-refractivity contribution in [2.24, 2.45) is 0 Å². The molecule has 0 spiro atoms. The lowest BCUT2D eigenvalue weighted by Gasteiger charge is -2.16. The highest BCUT2D eigenvalue weighted by Crippen LogP contribution is 2.30. The second kappa shape index (κ2) is 7.48. The van der Waals surface area contributed by atoms with Gasteiger partial charge in [-0.25, -0.2) is 39.5 Å². The molecule has 4 nitrogen and oxygen atoms in total. The lowest BCUT2D eigenvalue weighted by Crippen LogP contribution is -2.27. The molecule has 2 rings (SSSR count). The van der Waals surface area contributed by atoms with Gasteiger partial charge in [-0.1, -0.05) is 0 Å². The number of carbonyl (C=O) groups excluding carboxylic acids is 1. The molecule has 13 heteroatoms. The van der Waals surface area contributed by atoms with Gasteiger partial charge in [0, 0.05) is 0 Å². The van der Waals surface area contributed by atoms with E-state index in [4.69, 9.17) is 0 Å². The van der Waals surface area contributed by atoms with Crippen LogP contribution in [-0.2, 0) is 4.79 Å². The number of aromatic nitrogens is 2. The first-order valence-corrected chi connectivity index (χ1v) is 6.95. The summed E-state index contributed by atoms with van der Waals surface area (Å²) in [5.41, 5.74) is -3.92. The number of halogens is 9. The van der Waals surface area contributed by atoms with E-state index in [1.165, 1.54) is 5.32 Å². The van der Waals surface area contributed by atoms with Crippen molar-refractivity contribution in [3.8, 4) is 0 Å². The molecule has 0 bridgehead atoms. The molecule has 1 aromatic heterocycles. The molecule has 1 aromatic carbocycles. The molecule has 0 aliphatic carbocycles. The molecule has 1 N–H and O–H groups in total. The van der Waals surface area contributed by atoms with Gasteiger partial charge in [0.15, 0.2) is 23.3 Å². The van der Waals surface area contributed by atoms with Gasteiger partial charge < -0.3 is 5.32 Å². The summed E-state index contributed by atoms with van der Waals surface area (Å²) in [5.74, 6) is -13.4. The van der Waals surface area contributed by atoms with E-state index in [9.17, 15) is 44.3 Å². The van der Waals surface area contributed by atoms with Crippen molar-refractivity contribution in [3.63, 3.8) is 0 Å². The maximum atomic E-state index is 13.6. The van der Waals surface area contributed by atoms with Gasteiger partial charge in [0.05, 0.1) is 0 Å². The smallest absolute Gasteiger partial charge is 0.282 e. The van der Waals surface area contributed by atoms with Crippen LogP contribution in [0.5, 0.6) is 0 Å². The van der Waals surface area contributed by atoms with Crippen LogP contribution in [0.15, 0.2) is 6.07 Å². The quantitative estimate of drug-likeness (QED) is 0.447. The van der Waals surface area contributed by atoms with Crippen LogP contribution in [0.4, 0.5) is 45.2 Å². The predicted octanol–water partition coefficient (Wildman–Crippen LogP) is 4.65. The summed E-state index contributed by atoms with van der Waals surface area (Å²) in [4.78, 5) is 12.0. The lowest BCUT2D eigenvalue weighted by molar-refractivity contribution is -0.119. The summed E-state index contributed by atoms with van der Waals surface area (Å²) in [6.07, 6.45) is -6.59. The summed E-state index contributed by atoms with van der Waals surface area (Å²) in [6.45, 7) is 0.843. The molecule has 1 heterocycles. The molecule has 0 saturated heterocycles. The molecule has 0 fully saturated rings. The monoisotopic (exact) mass is 405 g/mol. The predicted molar refractivity (Wildman–Crippen MR) is 71.7 cm³/mol. The first kappa shape index (κ1) is 20.6. The number of alkyl halides is 4. The number of nitrogens with one attached hydrogen (secondary N) is 1. The maximum Gasteiger partial charge on any atom is 0.282 e. The van der Waals surface area contributed by atoms with E-state index in [1.807, 2.05) is 0 Å². The molecule has 0 aliphatic rings. The number of amides is 1. The van der Waals surface area contributed by atoms with Crippen molar-refractivity contribution in [1.29, 1.82) is 0 Å². The number of anilines is 1. The number of rotatable bonds is 5. The van der Waals surface area contributed by atoms with Crippen LogP contribution in [0.25, 0.3) is 0 Å². The van der Waals surface area contributed by atoms with Gasteiger partial charge in [0.1, 0.15) is 23.1 Å². The summed E-state index contributed by atoms with van der Waals surface area (Å²) in [7, 11) is 0. The third-order valence-corrected chi connectivity index (χ3v) is 3.43. The van der Waals surface area contributed by atoms with E-state index in [1.54, 1.807) is 0 Å². The highest BCUT2D eigenvalue weighted by Gasteiger charge is 2.30. The van der Waals surface area contributed by atoms with Crippen LogP contribution < -0.4 is 5.32 Å². The third-order valence-electron chi connectivity index (χ3n) is 3.43. The number of benzene rings is 1. The van der Waals surface area contributed by atoms with Crippen molar-refractivity contribution < 1.29 is 44.3 Å². The Labute approximate surface area is 144 Å². The second-order valence-electron chi connectivity index (χ2n) is 5.15. The summed E-state index contributed by atoms with van der Waals surface area (Å²) in [6, 6.07) is -1.53. The zero-order chi connectivity index (χ0) is 20.6. The molecule has 0 aliphatic heterocycles. The second-order valence-corrected chi connectivity index (χ2v) is 5.15. The third kappa shape index (κ3) is 3.71. The summed E-state index contributed by atoms with van der Waals surface area (Å²) < 4.78 is 118. The van der Waals surface area contributed by atoms with Crippen LogP contribution in [-0.4, -0.2) is 15.7 Å². The first-order valence-electron chi connectivity index (χ1n) is 6.95. The van der Waals surface area contributed by atoms with E-state index in [2.05, 4.69) is 5.10 Å². The van der Waals surface area contributed by atoms with Crippen molar-refractivity contribution in [1.82, 2.24) is 9.78 Å². The average Bonchev–Trinajstić information content (AvgIpc) is 3.07. The molecule has 1 atom stereocenters. The van der Waals surface area contributed by atoms with E-state index in [0.29, 0.717) is 6.07 Å². The van der Waals surface area contributed by atoms with Crippen molar-refractivity contribution in [2.45, 2.75) is 25.8 Å². The Morgan fingerprint density at radius 2 is 1.41 bits per heavy atom. The highest BCUT2D eigenvalue weighted by atomic mass is 19.3. The van der Waals surface area contributed by atoms with Gasteiger partial charge in [-0.3, -0.25) is 9.48 Å². The molecule has 27 heavy (non-hydrogen) atoms. The topological polar surface area (TPSA) is 46.9 Å². The first-order chi connectivity index (χ1) is 12.5. The van der Waals surface area contributed by atoms with Gasteiger partial charge in [-0.2, -0.15) is 5.10 Å². The summed E-state index contributed by atoms with van der Waals surface area (Å²) in [5, 5.41) is 4.48. The normalized spacial score (nSPS) is 12.7. The zero-order valence-corrected chi connectivity index (χ0v) is 13.0. The van der Waals surface area contributed by atoms with Crippen LogP contribution in [0.1, 0.15) is 37.2 Å². The lowest BCUT2D eigenvalue weighted by atomic mass is 10.2. The number of hydrogen-bond donors (Lipinski definition) is 1. The molecule has 1 amide bonds. The zero-order valence-electron chi connectivity index (χ0n) is 13.0. The van der Waals surface area contributed by atoms with Gasteiger partial charge in [0.2, 0.25) is 11.7 Å². The fourth-order valence-electron chi connectivity index (χ4n) is 2.06. The minimum Gasteiger partial charge on any atom is -0.319 e. The fourth-order valence-corrected chi connectivity index (χ4v) is 2.06. The average molecular weight is 405 g/mol. The van der Waals surface area contributed by atoms with Crippen LogP contribution >= 0.6 is 0 Å². The molecule has 0 saturated carbocycles. The number of hydrogen-bond acceptors (Lipinski definition) is 2. The Morgan fingerprint density at radius 3 is 1.85 bits per heavy atom. The molecule has 0 radical (unpaired) electrons. The molecular formula is C14H8F9N3O. The van der Waals surface area contributed by atoms with Gasteiger partial charge in [0.25, 0.3) is 12.9 Å². The van der Waals surface area contributed by atoms with Gasteiger partial charge in [-0.05, 0) is 13.0 Å². The minimum atomic E-state index is -3.34. The van der Waals surface area contributed by atoms with E-state index in [-0.39, 0.29) is 4.68 Å². The highest BCUT2D eigenvalue weighted by molar-refractivity contribution is 5.93. The van der Waals surface area contributed by atoms with Gasteiger partial charge >= 0.3 is 0 Å². The van der Waals surface area contributed by atoms with E-state index < -0.39 is 71.0 Å². The molecule has 2 aromatic rings. The Bertz CT molecular complexity index is 852. The Hall–Kier alpha value is -2.73. The van der Waals surface area contributed by atoms with Crippen molar-refractivity contribution in [3.05, 3.63) is 46.5 Å². The molecular weight excluding hydrogens is 397 g/mol. The Kier molecular flexibility index (Phi) is 5.70. The van der Waals surface area contributed by atoms with Crippen LogP contribution in [0.2, 0.25) is 0 Å². The Balaban J connectivity index is 2.41. The van der Waals surface area contributed by atoms with E-state index in [0.717, 1.165) is 6.92 Å². The van der Waals surface area contributed by atoms with Crippen molar-refractivity contribution in [2.75, 3.05) is 5.32 Å². The standard InChI is InChI=1S/C14H8F9N3O/c1-3(26-5(13(22)23)2-4(25-26)12(20)21)14(27)24-11-9(18)7(16)6(15)8(17)10(11)19/h2-3,12-13H,1H3,(H,24,27). The molecule has 148 valence electrons. The largest absolute Gasteiger partial charge is 0.319 e. The number of nitrogens with zero attached hydrogens (tertiary/aromatic N) is 2. The van der Waals surface area contributed by atoms with Gasteiger partial charge in [-0.15, -0.1) is 0 Å². The van der Waals surface area contributed by atoms with Crippen molar-refractivity contribution >= 4 is 11.6 Å². The fraction of sp³-hybridized carbons (Fsp3) is 0.286. The molecule has 1 unspecified atom stereocenters. The maximum absolute atomic E-state index is 13.6. The summed E-state index contributed by atoms with van der Waals surface area (Å²) >= 11 is 0. The Morgan fingerprint density at radius 1 is 0.926 bits per heavy atom. The SMILES string of the molecule is CC(C(=O)Nc1c(F)c(F)c(F)c(F)c1F)n1nc(C(F)F)cc1C(F)F. The van der Waals surface area contributed by atoms with Crippen LogP contribution in [0.3, 0.4) is 0 Å². The minimum absolute atomic E-state index is 0.160. The van der Waals surface area contributed by atoms with E-state index >= 15 is 0 Å². The number of carbonyl (C=O) groups is 1.